The van der Waals surface area contributed by atoms with Gasteiger partial charge in [0.15, 0.2) is 0 Å². The van der Waals surface area contributed by atoms with Crippen LogP contribution in [0.25, 0.3) is 0 Å². The normalized spacial score (nSPS) is 10.9. The molecule has 0 fully saturated rings. The van der Waals surface area contributed by atoms with Crippen LogP contribution in [-0.4, -0.2) is 14.0 Å². The van der Waals surface area contributed by atoms with Gasteiger partial charge >= 0.3 is 0 Å². The molecule has 0 aliphatic carbocycles. The van der Waals surface area contributed by atoms with E-state index in [1.165, 1.54) is 90.1 Å². The minimum absolute atomic E-state index is 1.17. The van der Waals surface area contributed by atoms with E-state index in [2.05, 4.69) is 83.7 Å². The molecule has 2 heterocycles. The average molecular weight is 487 g/mol. The number of imidazole rings is 2. The first-order valence-corrected chi connectivity index (χ1v) is 13.9. The molecular formula is C24H47N4O4P. The van der Waals surface area contributed by atoms with Crippen LogP contribution in [0.15, 0.2) is 37.4 Å². The van der Waals surface area contributed by atoms with Crippen molar-refractivity contribution in [3.8, 4) is 0 Å². The fraction of sp³-hybridized carbons (Fsp3) is 0.750. The van der Waals surface area contributed by atoms with Crippen LogP contribution in [0.3, 0.4) is 0 Å². The maximum atomic E-state index is 8.66. The molecule has 0 aromatic carbocycles. The molecule has 0 aliphatic rings. The van der Waals surface area contributed by atoms with Crippen LogP contribution in [-0.2, 0) is 31.7 Å². The molecule has 1 N–H and O–H groups in total. The van der Waals surface area contributed by atoms with Gasteiger partial charge in [0.05, 0.1) is 35.0 Å². The Hall–Kier alpha value is -1.47. The summed E-state index contributed by atoms with van der Waals surface area (Å²) in [5, 5.41) is 0. The van der Waals surface area contributed by atoms with Crippen LogP contribution < -0.4 is 18.9 Å². The highest BCUT2D eigenvalue weighted by atomic mass is 31.2. The zero-order valence-electron chi connectivity index (χ0n) is 21.3. The molecule has 0 aliphatic heterocycles. The standard InChI is InChI=1S/2C12H23N2.H3O4P/c2*1-3-4-5-6-7-8-9-14-11-10-13(2)12-14;1-5(2,3)4/h2*10-12H,3-9H2,1-2H3;(H3,1,2,3,4)/q2*+1;/p-2. The van der Waals surface area contributed by atoms with Gasteiger partial charge in [-0.05, 0) is 25.7 Å². The molecule has 0 amide bonds. The summed E-state index contributed by atoms with van der Waals surface area (Å²) in [5.74, 6) is 0. The van der Waals surface area contributed by atoms with Crippen molar-refractivity contribution in [2.75, 3.05) is 0 Å². The summed E-state index contributed by atoms with van der Waals surface area (Å²) in [7, 11) is -1.00. The lowest BCUT2D eigenvalue weighted by atomic mass is 10.1. The molecule has 192 valence electrons. The average Bonchev–Trinajstić information content (AvgIpc) is 3.34. The Morgan fingerprint density at radius 1 is 0.697 bits per heavy atom. The molecule has 2 rings (SSSR count). The van der Waals surface area contributed by atoms with Crippen molar-refractivity contribution in [2.24, 2.45) is 14.1 Å². The van der Waals surface area contributed by atoms with Crippen LogP contribution >= 0.6 is 7.82 Å². The molecule has 0 spiro atoms. The lowest BCUT2D eigenvalue weighted by molar-refractivity contribution is -0.671. The number of phosphoric acid groups is 1. The van der Waals surface area contributed by atoms with Crippen LogP contribution in [0.2, 0.25) is 0 Å². The number of hydrogen-bond donors (Lipinski definition) is 1. The maximum absolute atomic E-state index is 8.66. The molecule has 0 bridgehead atoms. The van der Waals surface area contributed by atoms with E-state index >= 15 is 0 Å². The Morgan fingerprint density at radius 3 is 1.27 bits per heavy atom. The largest absolute Gasteiger partial charge is 0.790 e. The second-order valence-electron chi connectivity index (χ2n) is 8.64. The SMILES string of the molecule is CCCCCCCCn1cc[n+](C)c1.CCCCCCCCn1cc[n+](C)c1.O=P([O-])([O-])O. The van der Waals surface area contributed by atoms with Gasteiger partial charge in [0.1, 0.15) is 24.8 Å². The predicted octanol–water partition coefficient (Wildman–Crippen LogP) is 3.15. The highest BCUT2D eigenvalue weighted by Crippen LogP contribution is 2.11. The van der Waals surface area contributed by atoms with E-state index in [1.807, 2.05) is 0 Å². The van der Waals surface area contributed by atoms with Gasteiger partial charge in [0.2, 0.25) is 12.7 Å². The van der Waals surface area contributed by atoms with Crippen molar-refractivity contribution in [1.29, 1.82) is 0 Å². The minimum atomic E-state index is -5.14. The molecule has 9 heteroatoms. The van der Waals surface area contributed by atoms with E-state index in [-0.39, 0.29) is 0 Å². The molecule has 0 radical (unpaired) electrons. The van der Waals surface area contributed by atoms with Crippen molar-refractivity contribution in [1.82, 2.24) is 9.13 Å². The first kappa shape index (κ1) is 31.5. The van der Waals surface area contributed by atoms with E-state index in [4.69, 9.17) is 19.2 Å². The zero-order chi connectivity index (χ0) is 25.0. The van der Waals surface area contributed by atoms with E-state index in [9.17, 15) is 0 Å². The number of rotatable bonds is 14. The molecule has 0 atom stereocenters. The van der Waals surface area contributed by atoms with Crippen LogP contribution in [0.5, 0.6) is 0 Å². The fourth-order valence-corrected chi connectivity index (χ4v) is 3.42. The number of unbranched alkanes of at least 4 members (excludes halogenated alkanes) is 10. The van der Waals surface area contributed by atoms with Gasteiger partial charge in [-0.1, -0.05) is 65.2 Å². The molecule has 0 unspecified atom stereocenters. The van der Waals surface area contributed by atoms with Crippen molar-refractivity contribution < 1.29 is 28.4 Å². The summed E-state index contributed by atoms with van der Waals surface area (Å²) >= 11 is 0. The molecule has 8 nitrogen and oxygen atoms in total. The number of aryl methyl sites for hydroxylation is 4. The Labute approximate surface area is 201 Å². The van der Waals surface area contributed by atoms with Crippen LogP contribution in [0.4, 0.5) is 0 Å². The van der Waals surface area contributed by atoms with Crippen molar-refractivity contribution >= 4 is 7.82 Å². The third-order valence-corrected chi connectivity index (χ3v) is 5.19. The lowest BCUT2D eigenvalue weighted by Gasteiger charge is -2.19. The van der Waals surface area contributed by atoms with E-state index in [1.54, 1.807) is 0 Å². The number of hydrogen-bond acceptors (Lipinski definition) is 3. The summed E-state index contributed by atoms with van der Waals surface area (Å²) in [6.45, 7) is 6.87. The smallest absolute Gasteiger partial charge is 0.243 e. The number of aromatic nitrogens is 4. The summed E-state index contributed by atoms with van der Waals surface area (Å²) in [6.07, 6.45) is 29.3. The fourth-order valence-electron chi connectivity index (χ4n) is 3.42. The summed E-state index contributed by atoms with van der Waals surface area (Å²) in [4.78, 5) is 24.3. The Morgan fingerprint density at radius 2 is 1.00 bits per heavy atom. The van der Waals surface area contributed by atoms with Crippen molar-refractivity contribution in [2.45, 2.75) is 104 Å². The summed E-state index contributed by atoms with van der Waals surface area (Å²) < 4.78 is 17.4. The Bertz CT molecular complexity index is 682. The first-order chi connectivity index (χ1) is 15.7. The van der Waals surface area contributed by atoms with Gasteiger partial charge < -0.3 is 19.2 Å². The third-order valence-electron chi connectivity index (χ3n) is 5.19. The monoisotopic (exact) mass is 486 g/mol. The van der Waals surface area contributed by atoms with Gasteiger partial charge in [-0.15, -0.1) is 0 Å². The molecule has 2 aromatic rings. The van der Waals surface area contributed by atoms with E-state index < -0.39 is 7.82 Å². The molecule has 0 saturated heterocycles. The molecule has 33 heavy (non-hydrogen) atoms. The topological polar surface area (TPSA) is 101 Å². The minimum Gasteiger partial charge on any atom is -0.790 e. The lowest BCUT2D eigenvalue weighted by Crippen LogP contribution is -2.23. The van der Waals surface area contributed by atoms with Gasteiger partial charge in [-0.25, -0.2) is 18.3 Å². The summed E-state index contributed by atoms with van der Waals surface area (Å²) in [6, 6.07) is 0. The van der Waals surface area contributed by atoms with E-state index in [0.717, 1.165) is 0 Å². The van der Waals surface area contributed by atoms with Crippen molar-refractivity contribution in [3.05, 3.63) is 37.4 Å². The van der Waals surface area contributed by atoms with Gasteiger partial charge in [-0.3, -0.25) is 0 Å². The highest BCUT2D eigenvalue weighted by molar-refractivity contribution is 7.42. The van der Waals surface area contributed by atoms with Gasteiger partial charge in [-0.2, -0.15) is 0 Å². The highest BCUT2D eigenvalue weighted by Gasteiger charge is 1.99. The molecular weight excluding hydrogens is 439 g/mol. The Balaban J connectivity index is 0.000000517. The van der Waals surface area contributed by atoms with Crippen LogP contribution in [0, 0.1) is 0 Å². The summed E-state index contributed by atoms with van der Waals surface area (Å²) in [5.41, 5.74) is 0. The third kappa shape index (κ3) is 23.5. The molecule has 2 aromatic heterocycles. The zero-order valence-corrected chi connectivity index (χ0v) is 22.2. The van der Waals surface area contributed by atoms with Gasteiger partial charge in [0, 0.05) is 0 Å². The van der Waals surface area contributed by atoms with Crippen LogP contribution in [0.1, 0.15) is 90.9 Å². The Kier molecular flexibility index (Phi) is 19.1. The molecule has 0 saturated carbocycles. The number of nitrogens with zero attached hydrogens (tertiary/aromatic N) is 4. The van der Waals surface area contributed by atoms with E-state index in [0.29, 0.717) is 0 Å². The quantitative estimate of drug-likeness (QED) is 0.252. The second kappa shape index (κ2) is 20.0. The van der Waals surface area contributed by atoms with Crippen molar-refractivity contribution in [3.63, 3.8) is 0 Å². The predicted molar refractivity (Wildman–Crippen MR) is 128 cm³/mol. The second-order valence-corrected chi connectivity index (χ2v) is 9.58. The first-order valence-electron chi connectivity index (χ1n) is 12.4. The maximum Gasteiger partial charge on any atom is 0.243 e. The van der Waals surface area contributed by atoms with Gasteiger partial charge in [0.25, 0.3) is 0 Å².